The van der Waals surface area contributed by atoms with Crippen LogP contribution in [0.2, 0.25) is 0 Å². The normalized spacial score (nSPS) is 40.0. The number of carbonyl (C=O) groups is 1. The molecular formula is C38H54F4O5. The Morgan fingerprint density at radius 1 is 0.936 bits per heavy atom. The van der Waals surface area contributed by atoms with Crippen molar-refractivity contribution in [1.29, 1.82) is 0 Å². The molecule has 0 aromatic heterocycles. The third kappa shape index (κ3) is 6.66. The van der Waals surface area contributed by atoms with Crippen molar-refractivity contribution in [2.75, 3.05) is 0 Å². The lowest BCUT2D eigenvalue weighted by Gasteiger charge is -2.54. The number of allylic oxidation sites excluding steroid dienone is 2. The molecule has 0 spiro atoms. The molecule has 2 saturated carbocycles. The fourth-order valence-corrected chi connectivity index (χ4v) is 10.3. The summed E-state index contributed by atoms with van der Waals surface area (Å²) in [5, 5.41) is 23.1. The van der Waals surface area contributed by atoms with Gasteiger partial charge in [0.25, 0.3) is 0 Å². The number of fused-ring (bicyclic) bond motifs is 2. The Bertz CT molecular complexity index is 1380. The van der Waals surface area contributed by atoms with Crippen molar-refractivity contribution >= 4 is 5.97 Å². The molecule has 0 unspecified atom stereocenters. The molecule has 9 atom stereocenters. The van der Waals surface area contributed by atoms with Crippen molar-refractivity contribution in [3.63, 3.8) is 0 Å². The number of hydrogen-bond donors (Lipinski definition) is 2. The summed E-state index contributed by atoms with van der Waals surface area (Å²) in [6.45, 7) is 16.7. The molecule has 5 nitrogen and oxygen atoms in total. The minimum atomic E-state index is -4.87. The highest BCUT2D eigenvalue weighted by atomic mass is 19.4. The van der Waals surface area contributed by atoms with Gasteiger partial charge >= 0.3 is 12.1 Å². The second kappa shape index (κ2) is 12.1. The lowest BCUT2D eigenvalue weighted by Crippen LogP contribution is -2.56. The molecule has 0 radical (unpaired) electrons. The fourth-order valence-electron chi connectivity index (χ4n) is 10.3. The summed E-state index contributed by atoms with van der Waals surface area (Å²) in [4.78, 5) is 13.1. The number of carbonyl (C=O) groups excluding carboxylic acids is 1. The number of alkyl halides is 3. The molecule has 5 rings (SSSR count). The van der Waals surface area contributed by atoms with Gasteiger partial charge in [-0.25, -0.2) is 9.18 Å². The smallest absolute Gasteiger partial charge is 0.419 e. The van der Waals surface area contributed by atoms with Gasteiger partial charge in [0.1, 0.15) is 11.9 Å². The zero-order valence-corrected chi connectivity index (χ0v) is 29.3. The molecule has 1 heterocycles. The summed E-state index contributed by atoms with van der Waals surface area (Å²) < 4.78 is 66.1. The maximum absolute atomic E-state index is 14.3. The standard InChI is InChI=1S/C38H54F4O5/c1-22-9-11-26-25(15-19-36(26,7)44)33(2,3)24(22)13-14-29-35(6)18-16-30(34(4,5)47-31(35)17-20-37(29,8)45)46-32(43)23-10-12-27(28(39)21-23)38(40,41)42/h9-10,12,21,24-26,29-31,44-45H,11,13-20H2,1-8H3/t24-,25+,26+,29+,30+,31+,35+,36+,37-/m1/s1. The minimum Gasteiger partial charge on any atom is -0.456 e. The first-order chi connectivity index (χ1) is 21.5. The molecule has 264 valence electrons. The number of aliphatic hydroxyl groups is 2. The Kier molecular flexibility index (Phi) is 9.36. The number of benzene rings is 1. The molecule has 1 saturated heterocycles. The van der Waals surface area contributed by atoms with Crippen LogP contribution in [0.1, 0.15) is 129 Å². The second-order valence-electron chi connectivity index (χ2n) is 17.0. The van der Waals surface area contributed by atoms with Gasteiger partial charge < -0.3 is 19.7 Å². The molecule has 1 aliphatic heterocycles. The molecule has 0 bridgehead atoms. The summed E-state index contributed by atoms with van der Waals surface area (Å²) in [6.07, 6.45) is 3.15. The Balaban J connectivity index is 1.36. The predicted octanol–water partition coefficient (Wildman–Crippen LogP) is 9.04. The van der Waals surface area contributed by atoms with E-state index in [1.54, 1.807) is 0 Å². The van der Waals surface area contributed by atoms with E-state index in [1.807, 2.05) is 27.7 Å². The number of esters is 1. The van der Waals surface area contributed by atoms with E-state index in [1.165, 1.54) is 5.57 Å². The van der Waals surface area contributed by atoms with Gasteiger partial charge in [0.15, 0.2) is 0 Å². The van der Waals surface area contributed by atoms with Crippen LogP contribution in [0.4, 0.5) is 17.6 Å². The molecule has 4 aliphatic rings. The van der Waals surface area contributed by atoms with Gasteiger partial charge in [0.05, 0.1) is 34.0 Å². The topological polar surface area (TPSA) is 76.0 Å². The van der Waals surface area contributed by atoms with Crippen LogP contribution in [-0.4, -0.2) is 45.2 Å². The molecule has 0 amide bonds. The first kappa shape index (κ1) is 36.3. The van der Waals surface area contributed by atoms with Gasteiger partial charge in [0, 0.05) is 0 Å². The molecule has 1 aromatic carbocycles. The van der Waals surface area contributed by atoms with Crippen LogP contribution >= 0.6 is 0 Å². The monoisotopic (exact) mass is 666 g/mol. The molecule has 3 aliphatic carbocycles. The van der Waals surface area contributed by atoms with Crippen molar-refractivity contribution in [2.45, 2.75) is 148 Å². The highest BCUT2D eigenvalue weighted by molar-refractivity contribution is 5.89. The van der Waals surface area contributed by atoms with Crippen molar-refractivity contribution in [3.05, 3.63) is 46.8 Å². The van der Waals surface area contributed by atoms with Gasteiger partial charge in [-0.2, -0.15) is 13.2 Å². The van der Waals surface area contributed by atoms with Crippen molar-refractivity contribution in [1.82, 2.24) is 0 Å². The number of halogens is 4. The zero-order chi connectivity index (χ0) is 35.0. The molecular weight excluding hydrogens is 612 g/mol. The molecule has 1 aromatic rings. The average molecular weight is 667 g/mol. The first-order valence-corrected chi connectivity index (χ1v) is 17.4. The summed E-state index contributed by atoms with van der Waals surface area (Å²) in [7, 11) is 0. The van der Waals surface area contributed by atoms with E-state index >= 15 is 0 Å². The van der Waals surface area contributed by atoms with Gasteiger partial charge in [-0.05, 0) is 145 Å². The lowest BCUT2D eigenvalue weighted by molar-refractivity contribution is -0.206. The van der Waals surface area contributed by atoms with Crippen LogP contribution < -0.4 is 0 Å². The van der Waals surface area contributed by atoms with Crippen molar-refractivity contribution in [3.8, 4) is 0 Å². The molecule has 9 heteroatoms. The molecule has 47 heavy (non-hydrogen) atoms. The van der Waals surface area contributed by atoms with E-state index in [4.69, 9.17) is 9.47 Å². The van der Waals surface area contributed by atoms with Crippen LogP contribution in [-0.2, 0) is 15.7 Å². The van der Waals surface area contributed by atoms with E-state index in [2.05, 4.69) is 33.8 Å². The highest BCUT2D eigenvalue weighted by Gasteiger charge is 2.58. The number of hydrogen-bond acceptors (Lipinski definition) is 5. The quantitative estimate of drug-likeness (QED) is 0.186. The Morgan fingerprint density at radius 2 is 1.60 bits per heavy atom. The Morgan fingerprint density at radius 3 is 2.23 bits per heavy atom. The summed E-state index contributed by atoms with van der Waals surface area (Å²) in [6, 6.07) is 2.07. The van der Waals surface area contributed by atoms with E-state index in [-0.39, 0.29) is 28.9 Å². The molecule has 2 N–H and O–H groups in total. The Hall–Kier alpha value is -1.97. The Labute approximate surface area is 277 Å². The summed E-state index contributed by atoms with van der Waals surface area (Å²) in [5.41, 5.74) is -3.36. The van der Waals surface area contributed by atoms with Gasteiger partial charge in [-0.15, -0.1) is 0 Å². The predicted molar refractivity (Wildman–Crippen MR) is 172 cm³/mol. The molecule has 3 fully saturated rings. The van der Waals surface area contributed by atoms with Crippen LogP contribution in [0.5, 0.6) is 0 Å². The van der Waals surface area contributed by atoms with E-state index in [0.717, 1.165) is 38.2 Å². The minimum absolute atomic E-state index is 0.0257. The SMILES string of the molecule is CC1=CC[C@H]2[C@H](CC[C@]2(C)O)C(C)(C)[C@@H]1CC[C@H]1[C@]2(C)CC[C@H](OC(=O)c3ccc(C(F)(F)F)c(F)c3)C(C)(C)O[C@H]2CC[C@@]1(C)O. The fraction of sp³-hybridized carbons (Fsp3) is 0.763. The van der Waals surface area contributed by atoms with Gasteiger partial charge in [-0.1, -0.05) is 32.4 Å². The maximum atomic E-state index is 14.3. The third-order valence-electron chi connectivity index (χ3n) is 13.2. The number of rotatable bonds is 5. The van der Waals surface area contributed by atoms with Gasteiger partial charge in [0.2, 0.25) is 0 Å². The summed E-state index contributed by atoms with van der Waals surface area (Å²) >= 11 is 0. The number of ether oxygens (including phenoxy) is 2. The van der Waals surface area contributed by atoms with Crippen LogP contribution in [0.15, 0.2) is 29.8 Å². The van der Waals surface area contributed by atoms with Crippen LogP contribution in [0.3, 0.4) is 0 Å². The van der Waals surface area contributed by atoms with Crippen molar-refractivity contribution in [2.24, 2.45) is 34.5 Å². The first-order valence-electron chi connectivity index (χ1n) is 17.4. The van der Waals surface area contributed by atoms with Gasteiger partial charge in [-0.3, -0.25) is 0 Å². The van der Waals surface area contributed by atoms with E-state index in [0.29, 0.717) is 49.7 Å². The summed E-state index contributed by atoms with van der Waals surface area (Å²) in [5.74, 6) is -1.59. The third-order valence-corrected chi connectivity index (χ3v) is 13.2. The van der Waals surface area contributed by atoms with Crippen molar-refractivity contribution < 1.29 is 42.0 Å². The lowest BCUT2D eigenvalue weighted by atomic mass is 9.55. The second-order valence-corrected chi connectivity index (χ2v) is 17.0. The van der Waals surface area contributed by atoms with E-state index in [9.17, 15) is 32.6 Å². The largest absolute Gasteiger partial charge is 0.456 e. The average Bonchev–Trinajstić information content (AvgIpc) is 3.16. The van der Waals surface area contributed by atoms with E-state index < -0.39 is 51.8 Å². The highest BCUT2D eigenvalue weighted by Crippen LogP contribution is 2.60. The maximum Gasteiger partial charge on any atom is 0.419 e. The van der Waals surface area contributed by atoms with Crippen LogP contribution in [0.25, 0.3) is 0 Å². The van der Waals surface area contributed by atoms with Crippen LogP contribution in [0, 0.1) is 40.3 Å². The zero-order valence-electron chi connectivity index (χ0n) is 29.3.